The summed E-state index contributed by atoms with van der Waals surface area (Å²) < 4.78 is 11.5. The van der Waals surface area contributed by atoms with Crippen LogP contribution in [-0.2, 0) is 4.79 Å². The highest BCUT2D eigenvalue weighted by Crippen LogP contribution is 2.34. The number of amides is 3. The van der Waals surface area contributed by atoms with E-state index >= 15 is 0 Å². The second-order valence-corrected chi connectivity index (χ2v) is 6.23. The predicted octanol–water partition coefficient (Wildman–Crippen LogP) is 2.08. The summed E-state index contributed by atoms with van der Waals surface area (Å²) in [6.07, 6.45) is -1.31. The summed E-state index contributed by atoms with van der Waals surface area (Å²) in [5, 5.41) is 2.73. The molecule has 2 heterocycles. The summed E-state index contributed by atoms with van der Waals surface area (Å²) in [4.78, 5) is 37.7. The molecule has 0 spiro atoms. The molecule has 2 atom stereocenters. The molecular formula is C19H16N2O5. The molecule has 26 heavy (non-hydrogen) atoms. The number of carbonyl (C=O) groups is 3. The molecule has 2 aromatic carbocycles. The molecule has 0 fully saturated rings. The van der Waals surface area contributed by atoms with Crippen LogP contribution in [0.25, 0.3) is 0 Å². The van der Waals surface area contributed by atoms with Crippen molar-refractivity contribution in [1.29, 1.82) is 0 Å². The highest BCUT2D eigenvalue weighted by Gasteiger charge is 2.35. The first-order valence-electron chi connectivity index (χ1n) is 8.15. The molecule has 0 bridgehead atoms. The normalized spacial score (nSPS) is 20.8. The zero-order valence-corrected chi connectivity index (χ0v) is 14.2. The molecule has 132 valence electrons. The Kier molecular flexibility index (Phi) is 3.64. The number of hydrogen-bond acceptors (Lipinski definition) is 5. The average molecular weight is 352 g/mol. The number of anilines is 1. The van der Waals surface area contributed by atoms with Gasteiger partial charge in [-0.15, -0.1) is 0 Å². The number of benzene rings is 2. The van der Waals surface area contributed by atoms with Gasteiger partial charge in [0.25, 0.3) is 17.7 Å². The molecule has 0 aliphatic carbocycles. The van der Waals surface area contributed by atoms with E-state index in [-0.39, 0.29) is 17.4 Å². The van der Waals surface area contributed by atoms with Crippen molar-refractivity contribution < 1.29 is 23.9 Å². The van der Waals surface area contributed by atoms with Gasteiger partial charge in [-0.2, -0.15) is 0 Å². The fraction of sp³-hybridized carbons (Fsp3) is 0.211. The molecule has 0 radical (unpaired) electrons. The Morgan fingerprint density at radius 2 is 1.65 bits per heavy atom. The molecule has 0 saturated heterocycles. The molecule has 1 N–H and O–H groups in total. The zero-order valence-electron chi connectivity index (χ0n) is 14.2. The minimum absolute atomic E-state index is 0.273. The maximum Gasteiger partial charge on any atom is 0.269 e. The van der Waals surface area contributed by atoms with E-state index in [0.717, 1.165) is 4.90 Å². The highest BCUT2D eigenvalue weighted by atomic mass is 16.6. The number of hydrogen-bond donors (Lipinski definition) is 1. The Balaban J connectivity index is 1.55. The first kappa shape index (κ1) is 16.1. The number of imide groups is 1. The Bertz CT molecular complexity index is 939. The van der Waals surface area contributed by atoms with Gasteiger partial charge in [-0.05, 0) is 37.3 Å². The molecule has 2 aliphatic heterocycles. The van der Waals surface area contributed by atoms with Crippen molar-refractivity contribution in [1.82, 2.24) is 4.90 Å². The van der Waals surface area contributed by atoms with E-state index in [1.165, 1.54) is 19.2 Å². The third-order valence-electron chi connectivity index (χ3n) is 4.46. The minimum atomic E-state index is -0.835. The Morgan fingerprint density at radius 3 is 2.38 bits per heavy atom. The van der Waals surface area contributed by atoms with E-state index in [1.807, 2.05) is 6.07 Å². The molecule has 2 aromatic rings. The number of ether oxygens (including phenoxy) is 2. The number of nitrogens with zero attached hydrogens (tertiary/aromatic N) is 1. The van der Waals surface area contributed by atoms with Crippen molar-refractivity contribution in [2.24, 2.45) is 0 Å². The lowest BCUT2D eigenvalue weighted by Gasteiger charge is -2.31. The summed E-state index contributed by atoms with van der Waals surface area (Å²) in [6.45, 7) is 1.75. The Morgan fingerprint density at radius 1 is 1.00 bits per heavy atom. The molecule has 3 amide bonds. The molecule has 0 aromatic heterocycles. The van der Waals surface area contributed by atoms with Crippen LogP contribution in [0.4, 0.5) is 5.69 Å². The molecular weight excluding hydrogens is 336 g/mol. The topological polar surface area (TPSA) is 84.9 Å². The third-order valence-corrected chi connectivity index (χ3v) is 4.46. The van der Waals surface area contributed by atoms with Crippen LogP contribution in [0.1, 0.15) is 27.6 Å². The SMILES string of the molecule is CC1Oc2ccccc2OC1C(=O)Nc1ccc2c(c1)C(=O)N(C)C2=O. The Hall–Kier alpha value is -3.35. The molecule has 4 rings (SSSR count). The van der Waals surface area contributed by atoms with E-state index in [4.69, 9.17) is 9.47 Å². The van der Waals surface area contributed by atoms with Gasteiger partial charge in [0.05, 0.1) is 11.1 Å². The van der Waals surface area contributed by atoms with E-state index in [1.54, 1.807) is 31.2 Å². The maximum absolute atomic E-state index is 12.6. The van der Waals surface area contributed by atoms with Crippen LogP contribution in [0.5, 0.6) is 11.5 Å². The van der Waals surface area contributed by atoms with Gasteiger partial charge >= 0.3 is 0 Å². The van der Waals surface area contributed by atoms with E-state index < -0.39 is 18.1 Å². The minimum Gasteiger partial charge on any atom is -0.482 e. The summed E-state index contributed by atoms with van der Waals surface area (Å²) in [5.41, 5.74) is 1.02. The zero-order chi connectivity index (χ0) is 18.4. The first-order valence-corrected chi connectivity index (χ1v) is 8.15. The largest absolute Gasteiger partial charge is 0.482 e. The molecule has 2 aliphatic rings. The van der Waals surface area contributed by atoms with Gasteiger partial charge in [0, 0.05) is 12.7 Å². The fourth-order valence-electron chi connectivity index (χ4n) is 3.06. The third kappa shape index (κ3) is 2.48. The maximum atomic E-state index is 12.6. The van der Waals surface area contributed by atoms with Gasteiger partial charge in [0.2, 0.25) is 6.10 Å². The molecule has 0 saturated carbocycles. The number of carbonyl (C=O) groups excluding carboxylic acids is 3. The van der Waals surface area contributed by atoms with Gasteiger partial charge in [-0.25, -0.2) is 0 Å². The number of fused-ring (bicyclic) bond motifs is 2. The van der Waals surface area contributed by atoms with Crippen LogP contribution < -0.4 is 14.8 Å². The second kappa shape index (κ2) is 5.87. The molecule has 2 unspecified atom stereocenters. The van der Waals surface area contributed by atoms with Crippen molar-refractivity contribution >= 4 is 23.4 Å². The second-order valence-electron chi connectivity index (χ2n) is 6.23. The van der Waals surface area contributed by atoms with Crippen molar-refractivity contribution in [3.8, 4) is 11.5 Å². The lowest BCUT2D eigenvalue weighted by molar-refractivity contribution is -0.128. The van der Waals surface area contributed by atoms with E-state index in [0.29, 0.717) is 22.7 Å². The van der Waals surface area contributed by atoms with E-state index in [9.17, 15) is 14.4 Å². The Labute approximate surface area is 149 Å². The molecule has 7 nitrogen and oxygen atoms in total. The lowest BCUT2D eigenvalue weighted by Crippen LogP contribution is -2.46. The van der Waals surface area contributed by atoms with Crippen LogP contribution in [0.15, 0.2) is 42.5 Å². The smallest absolute Gasteiger partial charge is 0.269 e. The van der Waals surface area contributed by atoms with Crippen LogP contribution in [0, 0.1) is 0 Å². The van der Waals surface area contributed by atoms with Crippen LogP contribution in [0.3, 0.4) is 0 Å². The van der Waals surface area contributed by atoms with Gasteiger partial charge < -0.3 is 14.8 Å². The highest BCUT2D eigenvalue weighted by molar-refractivity contribution is 6.21. The number of nitrogens with one attached hydrogen (secondary N) is 1. The number of rotatable bonds is 2. The van der Waals surface area contributed by atoms with Crippen molar-refractivity contribution in [2.75, 3.05) is 12.4 Å². The van der Waals surface area contributed by atoms with E-state index in [2.05, 4.69) is 5.32 Å². The summed E-state index contributed by atoms with van der Waals surface area (Å²) in [7, 11) is 1.43. The quantitative estimate of drug-likeness (QED) is 0.837. The standard InChI is InChI=1S/C19H16N2O5/c1-10-16(26-15-6-4-3-5-14(15)25-10)17(22)20-11-7-8-12-13(9-11)19(24)21(2)18(12)23/h3-10,16H,1-2H3,(H,20,22). The van der Waals surface area contributed by atoms with Crippen molar-refractivity contribution in [2.45, 2.75) is 19.1 Å². The molecule has 7 heteroatoms. The van der Waals surface area contributed by atoms with Gasteiger partial charge in [-0.3, -0.25) is 19.3 Å². The summed E-state index contributed by atoms with van der Waals surface area (Å²) in [6, 6.07) is 11.8. The van der Waals surface area contributed by atoms with Gasteiger partial charge in [0.15, 0.2) is 11.5 Å². The van der Waals surface area contributed by atoms with Crippen molar-refractivity contribution in [3.05, 3.63) is 53.6 Å². The summed E-state index contributed by atoms with van der Waals surface area (Å²) in [5.74, 6) is -0.0364. The number of para-hydroxylation sites is 2. The van der Waals surface area contributed by atoms with Crippen LogP contribution in [-0.4, -0.2) is 41.9 Å². The van der Waals surface area contributed by atoms with Gasteiger partial charge in [-0.1, -0.05) is 12.1 Å². The predicted molar refractivity (Wildman–Crippen MR) is 92.4 cm³/mol. The van der Waals surface area contributed by atoms with Crippen molar-refractivity contribution in [3.63, 3.8) is 0 Å². The van der Waals surface area contributed by atoms with Gasteiger partial charge in [0.1, 0.15) is 6.10 Å². The summed E-state index contributed by atoms with van der Waals surface area (Å²) >= 11 is 0. The average Bonchev–Trinajstić information content (AvgIpc) is 2.85. The lowest BCUT2D eigenvalue weighted by atomic mass is 10.1. The fourth-order valence-corrected chi connectivity index (χ4v) is 3.06. The first-order chi connectivity index (χ1) is 12.5. The van der Waals surface area contributed by atoms with Crippen LogP contribution >= 0.6 is 0 Å². The van der Waals surface area contributed by atoms with Crippen LogP contribution in [0.2, 0.25) is 0 Å². The monoisotopic (exact) mass is 352 g/mol.